The molecule has 0 radical (unpaired) electrons. The Kier molecular flexibility index (Phi) is 3.34. The Labute approximate surface area is 116 Å². The first-order valence-electron chi connectivity index (χ1n) is 7.11. The van der Waals surface area contributed by atoms with Gasteiger partial charge in [0, 0.05) is 6.54 Å². The number of carboxylic acids is 1. The number of para-hydroxylation sites is 1. The number of carbonyl (C=O) groups is 1. The largest absolute Gasteiger partial charge is 0.478 e. The fourth-order valence-corrected chi connectivity index (χ4v) is 3.17. The maximum Gasteiger partial charge on any atom is 0.337 e. The number of carboxylic acid groups (broad SMARTS) is 1. The lowest BCUT2D eigenvalue weighted by Gasteiger charge is -2.21. The molecule has 0 bridgehead atoms. The molecule has 1 saturated carbocycles. The standard InChI is InChI=1S/C15H18N2O3/c18-14(19)11-7-4-8-12-13(11)16-15(20)17(12)9-10-5-2-1-3-6-10/h4,7-8,10H,1-3,5-6,9H2,(H,16,20)(H,18,19). The van der Waals surface area contributed by atoms with Gasteiger partial charge in [0.1, 0.15) is 0 Å². The summed E-state index contributed by atoms with van der Waals surface area (Å²) in [5, 5.41) is 9.17. The van der Waals surface area contributed by atoms with Gasteiger partial charge >= 0.3 is 11.7 Å². The average Bonchev–Trinajstić information content (AvgIpc) is 2.76. The molecule has 1 fully saturated rings. The van der Waals surface area contributed by atoms with Gasteiger partial charge < -0.3 is 10.1 Å². The molecular formula is C15H18N2O3. The molecule has 1 heterocycles. The van der Waals surface area contributed by atoms with Gasteiger partial charge in [0.15, 0.2) is 0 Å². The van der Waals surface area contributed by atoms with Gasteiger partial charge in [0.25, 0.3) is 0 Å². The second-order valence-electron chi connectivity index (χ2n) is 5.55. The summed E-state index contributed by atoms with van der Waals surface area (Å²) in [6.07, 6.45) is 6.03. The molecule has 0 amide bonds. The molecule has 20 heavy (non-hydrogen) atoms. The quantitative estimate of drug-likeness (QED) is 0.903. The van der Waals surface area contributed by atoms with Crippen LogP contribution < -0.4 is 5.69 Å². The van der Waals surface area contributed by atoms with Crippen molar-refractivity contribution in [2.75, 3.05) is 0 Å². The molecule has 5 nitrogen and oxygen atoms in total. The van der Waals surface area contributed by atoms with E-state index in [0.717, 1.165) is 12.8 Å². The van der Waals surface area contributed by atoms with Gasteiger partial charge in [-0.05, 0) is 30.9 Å². The van der Waals surface area contributed by atoms with E-state index in [1.54, 1.807) is 10.6 Å². The topological polar surface area (TPSA) is 75.1 Å². The number of benzene rings is 1. The van der Waals surface area contributed by atoms with Crippen LogP contribution in [-0.2, 0) is 6.54 Å². The van der Waals surface area contributed by atoms with Crippen molar-refractivity contribution in [1.82, 2.24) is 9.55 Å². The predicted octanol–water partition coefficient (Wildman–Crippen LogP) is 2.61. The van der Waals surface area contributed by atoms with Crippen molar-refractivity contribution in [3.63, 3.8) is 0 Å². The number of fused-ring (bicyclic) bond motifs is 1. The SMILES string of the molecule is O=C(O)c1cccc2c1[nH]c(=O)n2CC1CCCCC1. The highest BCUT2D eigenvalue weighted by molar-refractivity contribution is 6.00. The van der Waals surface area contributed by atoms with Crippen LogP contribution in [0.1, 0.15) is 42.5 Å². The molecule has 5 heteroatoms. The number of hydrogen-bond acceptors (Lipinski definition) is 2. The number of nitrogens with zero attached hydrogens (tertiary/aromatic N) is 1. The Morgan fingerprint density at radius 1 is 1.30 bits per heavy atom. The Balaban J connectivity index is 2.02. The predicted molar refractivity (Wildman–Crippen MR) is 76.1 cm³/mol. The number of H-pyrrole nitrogens is 1. The maximum atomic E-state index is 12.1. The van der Waals surface area contributed by atoms with Crippen molar-refractivity contribution in [2.45, 2.75) is 38.6 Å². The molecule has 3 rings (SSSR count). The zero-order valence-corrected chi connectivity index (χ0v) is 11.3. The van der Waals surface area contributed by atoms with Crippen LogP contribution >= 0.6 is 0 Å². The number of aromatic carboxylic acids is 1. The normalized spacial score (nSPS) is 16.6. The Morgan fingerprint density at radius 3 is 2.75 bits per heavy atom. The van der Waals surface area contributed by atoms with Crippen LogP contribution in [0.3, 0.4) is 0 Å². The molecule has 1 aromatic heterocycles. The number of rotatable bonds is 3. The lowest BCUT2D eigenvalue weighted by atomic mass is 9.89. The Morgan fingerprint density at radius 2 is 2.05 bits per heavy atom. The van der Waals surface area contributed by atoms with Gasteiger partial charge in [-0.15, -0.1) is 0 Å². The molecule has 1 aliphatic carbocycles. The summed E-state index contributed by atoms with van der Waals surface area (Å²) in [5.74, 6) is -0.490. The average molecular weight is 274 g/mol. The van der Waals surface area contributed by atoms with Crippen molar-refractivity contribution < 1.29 is 9.90 Å². The zero-order chi connectivity index (χ0) is 14.1. The molecular weight excluding hydrogens is 256 g/mol. The summed E-state index contributed by atoms with van der Waals surface area (Å²) in [6.45, 7) is 0.682. The number of aromatic nitrogens is 2. The van der Waals surface area contributed by atoms with E-state index in [1.165, 1.54) is 25.3 Å². The third-order valence-corrected chi connectivity index (χ3v) is 4.21. The van der Waals surface area contributed by atoms with Gasteiger partial charge in [-0.25, -0.2) is 9.59 Å². The highest BCUT2D eigenvalue weighted by Crippen LogP contribution is 2.26. The number of imidazole rings is 1. The van der Waals surface area contributed by atoms with Crippen molar-refractivity contribution >= 4 is 17.0 Å². The van der Waals surface area contributed by atoms with Gasteiger partial charge in [-0.3, -0.25) is 4.57 Å². The first-order chi connectivity index (χ1) is 9.66. The molecule has 1 aromatic carbocycles. The third kappa shape index (κ3) is 2.24. The lowest BCUT2D eigenvalue weighted by molar-refractivity contribution is 0.0699. The minimum atomic E-state index is -1.01. The summed E-state index contributed by atoms with van der Waals surface area (Å²) in [7, 11) is 0. The molecule has 2 aromatic rings. The fraction of sp³-hybridized carbons (Fsp3) is 0.467. The molecule has 106 valence electrons. The van der Waals surface area contributed by atoms with E-state index in [-0.39, 0.29) is 11.3 Å². The number of nitrogens with one attached hydrogen (secondary N) is 1. The molecule has 2 N–H and O–H groups in total. The highest BCUT2D eigenvalue weighted by atomic mass is 16.4. The summed E-state index contributed by atoms with van der Waals surface area (Å²) in [6, 6.07) is 5.02. The van der Waals surface area contributed by atoms with Gasteiger partial charge in [0.2, 0.25) is 0 Å². The molecule has 0 saturated heterocycles. The lowest BCUT2D eigenvalue weighted by Crippen LogP contribution is -2.22. The highest BCUT2D eigenvalue weighted by Gasteiger charge is 2.18. The number of aromatic amines is 1. The summed E-state index contributed by atoms with van der Waals surface area (Å²) in [4.78, 5) is 26.0. The monoisotopic (exact) mass is 274 g/mol. The Hall–Kier alpha value is -2.04. The van der Waals surface area contributed by atoms with E-state index in [1.807, 2.05) is 6.07 Å². The van der Waals surface area contributed by atoms with Crippen molar-refractivity contribution in [3.05, 3.63) is 34.2 Å². The van der Waals surface area contributed by atoms with E-state index < -0.39 is 5.97 Å². The summed E-state index contributed by atoms with van der Waals surface area (Å²) >= 11 is 0. The van der Waals surface area contributed by atoms with Crippen LogP contribution in [0.15, 0.2) is 23.0 Å². The van der Waals surface area contributed by atoms with Crippen LogP contribution in [0.4, 0.5) is 0 Å². The molecule has 1 aliphatic rings. The maximum absolute atomic E-state index is 12.1. The van der Waals surface area contributed by atoms with Gasteiger partial charge in [0.05, 0.1) is 16.6 Å². The van der Waals surface area contributed by atoms with Crippen LogP contribution in [-0.4, -0.2) is 20.6 Å². The minimum Gasteiger partial charge on any atom is -0.478 e. The third-order valence-electron chi connectivity index (χ3n) is 4.21. The second-order valence-corrected chi connectivity index (χ2v) is 5.55. The number of hydrogen-bond donors (Lipinski definition) is 2. The molecule has 0 spiro atoms. The molecule has 0 aliphatic heterocycles. The van der Waals surface area contributed by atoms with E-state index >= 15 is 0 Å². The van der Waals surface area contributed by atoms with Crippen LogP contribution in [0.25, 0.3) is 11.0 Å². The van der Waals surface area contributed by atoms with E-state index in [0.29, 0.717) is 23.5 Å². The van der Waals surface area contributed by atoms with Gasteiger partial charge in [-0.1, -0.05) is 25.3 Å². The second kappa shape index (κ2) is 5.15. The zero-order valence-electron chi connectivity index (χ0n) is 11.3. The Bertz CT molecular complexity index is 693. The van der Waals surface area contributed by atoms with Crippen LogP contribution in [0.5, 0.6) is 0 Å². The van der Waals surface area contributed by atoms with Gasteiger partial charge in [-0.2, -0.15) is 0 Å². The van der Waals surface area contributed by atoms with Crippen molar-refractivity contribution in [2.24, 2.45) is 5.92 Å². The van der Waals surface area contributed by atoms with Crippen LogP contribution in [0, 0.1) is 5.92 Å². The van der Waals surface area contributed by atoms with Crippen LogP contribution in [0.2, 0.25) is 0 Å². The van der Waals surface area contributed by atoms with Crippen molar-refractivity contribution in [1.29, 1.82) is 0 Å². The minimum absolute atomic E-state index is 0.155. The van der Waals surface area contributed by atoms with Crippen molar-refractivity contribution in [3.8, 4) is 0 Å². The smallest absolute Gasteiger partial charge is 0.337 e. The first-order valence-corrected chi connectivity index (χ1v) is 7.11. The molecule has 0 atom stereocenters. The summed E-state index contributed by atoms with van der Waals surface area (Å²) in [5.41, 5.74) is 1.07. The van der Waals surface area contributed by atoms with E-state index in [4.69, 9.17) is 0 Å². The van der Waals surface area contributed by atoms with E-state index in [2.05, 4.69) is 4.98 Å². The first kappa shape index (κ1) is 13.0. The fourth-order valence-electron chi connectivity index (χ4n) is 3.17. The van der Waals surface area contributed by atoms with E-state index in [9.17, 15) is 14.7 Å². The molecule has 0 unspecified atom stereocenters. The summed E-state index contributed by atoms with van der Waals surface area (Å²) < 4.78 is 1.69.